The molecular weight excluding hydrogens is 192 g/mol. The second-order valence-electron chi connectivity index (χ2n) is 3.14. The third-order valence-electron chi connectivity index (χ3n) is 2.03. The number of ether oxygens (including phenoxy) is 1. The van der Waals surface area contributed by atoms with Crippen LogP contribution in [0.2, 0.25) is 0 Å². The predicted octanol–water partition coefficient (Wildman–Crippen LogP) is 1.02. The lowest BCUT2D eigenvalue weighted by Crippen LogP contribution is -2.28. The second kappa shape index (κ2) is 6.19. The molecule has 1 unspecified atom stereocenters. The lowest BCUT2D eigenvalue weighted by atomic mass is 10.2. The van der Waals surface area contributed by atoms with Crippen molar-refractivity contribution >= 4 is 5.95 Å². The SMILES string of the molecule is CCOc1ccnc(NC(CC)CN)n1. The Kier molecular flexibility index (Phi) is 4.83. The van der Waals surface area contributed by atoms with Gasteiger partial charge in [0.1, 0.15) is 0 Å². The molecule has 1 aromatic heterocycles. The quantitative estimate of drug-likeness (QED) is 0.733. The van der Waals surface area contributed by atoms with Gasteiger partial charge < -0.3 is 15.8 Å². The Bertz CT molecular complexity index is 289. The van der Waals surface area contributed by atoms with Gasteiger partial charge in [-0.05, 0) is 13.3 Å². The van der Waals surface area contributed by atoms with Crippen molar-refractivity contribution in [2.75, 3.05) is 18.5 Å². The molecule has 0 radical (unpaired) electrons. The third-order valence-corrected chi connectivity index (χ3v) is 2.03. The summed E-state index contributed by atoms with van der Waals surface area (Å²) >= 11 is 0. The number of aromatic nitrogens is 2. The molecule has 0 aromatic carbocycles. The van der Waals surface area contributed by atoms with Gasteiger partial charge in [-0.25, -0.2) is 4.98 Å². The van der Waals surface area contributed by atoms with Gasteiger partial charge in [0.2, 0.25) is 11.8 Å². The number of rotatable bonds is 6. The summed E-state index contributed by atoms with van der Waals surface area (Å²) in [7, 11) is 0. The van der Waals surface area contributed by atoms with Crippen molar-refractivity contribution in [2.45, 2.75) is 26.3 Å². The predicted molar refractivity (Wildman–Crippen MR) is 60.0 cm³/mol. The van der Waals surface area contributed by atoms with Crippen LogP contribution in [0.15, 0.2) is 12.3 Å². The summed E-state index contributed by atoms with van der Waals surface area (Å²) < 4.78 is 5.27. The zero-order chi connectivity index (χ0) is 11.1. The molecule has 5 heteroatoms. The van der Waals surface area contributed by atoms with Gasteiger partial charge in [0.15, 0.2) is 0 Å². The summed E-state index contributed by atoms with van der Waals surface area (Å²) in [6, 6.07) is 1.94. The maximum absolute atomic E-state index is 5.58. The molecule has 15 heavy (non-hydrogen) atoms. The van der Waals surface area contributed by atoms with Gasteiger partial charge in [0, 0.05) is 24.8 Å². The van der Waals surface area contributed by atoms with Gasteiger partial charge in [-0.1, -0.05) is 6.92 Å². The summed E-state index contributed by atoms with van der Waals surface area (Å²) in [5.74, 6) is 1.15. The Morgan fingerprint density at radius 1 is 1.53 bits per heavy atom. The van der Waals surface area contributed by atoms with Gasteiger partial charge >= 0.3 is 0 Å². The van der Waals surface area contributed by atoms with Crippen LogP contribution >= 0.6 is 0 Å². The highest BCUT2D eigenvalue weighted by Gasteiger charge is 2.05. The van der Waals surface area contributed by atoms with Crippen LogP contribution in [0.4, 0.5) is 5.95 Å². The summed E-state index contributed by atoms with van der Waals surface area (Å²) in [6.07, 6.45) is 2.61. The molecular formula is C10H18N4O. The van der Waals surface area contributed by atoms with E-state index in [0.29, 0.717) is 25.0 Å². The van der Waals surface area contributed by atoms with Crippen LogP contribution in [0.5, 0.6) is 5.88 Å². The topological polar surface area (TPSA) is 73.1 Å². The van der Waals surface area contributed by atoms with Crippen molar-refractivity contribution in [3.05, 3.63) is 12.3 Å². The molecule has 1 atom stereocenters. The van der Waals surface area contributed by atoms with E-state index in [4.69, 9.17) is 10.5 Å². The molecule has 0 aliphatic heterocycles. The van der Waals surface area contributed by atoms with Gasteiger partial charge in [-0.2, -0.15) is 4.98 Å². The van der Waals surface area contributed by atoms with Gasteiger partial charge in [0.05, 0.1) is 6.61 Å². The summed E-state index contributed by atoms with van der Waals surface area (Å²) in [4.78, 5) is 8.30. The Morgan fingerprint density at radius 3 is 2.93 bits per heavy atom. The first-order chi connectivity index (χ1) is 7.30. The largest absolute Gasteiger partial charge is 0.478 e. The molecule has 84 valence electrons. The van der Waals surface area contributed by atoms with E-state index in [1.807, 2.05) is 6.92 Å². The molecule has 0 saturated heterocycles. The van der Waals surface area contributed by atoms with E-state index in [-0.39, 0.29) is 6.04 Å². The molecule has 0 spiro atoms. The van der Waals surface area contributed by atoms with Gasteiger partial charge in [-0.3, -0.25) is 0 Å². The highest BCUT2D eigenvalue weighted by Crippen LogP contribution is 2.09. The fourth-order valence-corrected chi connectivity index (χ4v) is 1.15. The Hall–Kier alpha value is -1.36. The minimum Gasteiger partial charge on any atom is -0.478 e. The number of nitrogens with one attached hydrogen (secondary N) is 1. The van der Waals surface area contributed by atoms with E-state index in [1.165, 1.54) is 0 Å². The monoisotopic (exact) mass is 210 g/mol. The van der Waals surface area contributed by atoms with Crippen molar-refractivity contribution in [2.24, 2.45) is 5.73 Å². The van der Waals surface area contributed by atoms with Crippen molar-refractivity contribution in [3.63, 3.8) is 0 Å². The van der Waals surface area contributed by atoms with Crippen molar-refractivity contribution in [3.8, 4) is 5.88 Å². The fourth-order valence-electron chi connectivity index (χ4n) is 1.15. The zero-order valence-electron chi connectivity index (χ0n) is 9.23. The van der Waals surface area contributed by atoms with Crippen LogP contribution in [0, 0.1) is 0 Å². The third kappa shape index (κ3) is 3.71. The average molecular weight is 210 g/mol. The van der Waals surface area contributed by atoms with Crippen LogP contribution in [-0.4, -0.2) is 29.2 Å². The Balaban J connectivity index is 2.64. The van der Waals surface area contributed by atoms with Crippen molar-refractivity contribution in [1.29, 1.82) is 0 Å². The number of hydrogen-bond donors (Lipinski definition) is 2. The molecule has 0 saturated carbocycles. The average Bonchev–Trinajstić information content (AvgIpc) is 2.27. The molecule has 1 aromatic rings. The van der Waals surface area contributed by atoms with E-state index in [1.54, 1.807) is 12.3 Å². The van der Waals surface area contributed by atoms with E-state index in [2.05, 4.69) is 22.2 Å². The van der Waals surface area contributed by atoms with Crippen LogP contribution in [0.3, 0.4) is 0 Å². The normalized spacial score (nSPS) is 12.2. The maximum atomic E-state index is 5.58. The van der Waals surface area contributed by atoms with E-state index < -0.39 is 0 Å². The van der Waals surface area contributed by atoms with Crippen LogP contribution < -0.4 is 15.8 Å². The highest BCUT2D eigenvalue weighted by molar-refractivity contribution is 5.28. The highest BCUT2D eigenvalue weighted by atomic mass is 16.5. The molecule has 0 aliphatic rings. The van der Waals surface area contributed by atoms with Crippen molar-refractivity contribution in [1.82, 2.24) is 9.97 Å². The van der Waals surface area contributed by atoms with Gasteiger partial charge in [-0.15, -0.1) is 0 Å². The van der Waals surface area contributed by atoms with Crippen LogP contribution in [0.25, 0.3) is 0 Å². The second-order valence-corrected chi connectivity index (χ2v) is 3.14. The first-order valence-electron chi connectivity index (χ1n) is 5.22. The summed E-state index contributed by atoms with van der Waals surface area (Å²) in [6.45, 7) is 5.16. The minimum absolute atomic E-state index is 0.210. The summed E-state index contributed by atoms with van der Waals surface area (Å²) in [5, 5.41) is 3.15. The van der Waals surface area contributed by atoms with E-state index in [0.717, 1.165) is 6.42 Å². The lowest BCUT2D eigenvalue weighted by molar-refractivity contribution is 0.326. The maximum Gasteiger partial charge on any atom is 0.226 e. The number of hydrogen-bond acceptors (Lipinski definition) is 5. The van der Waals surface area contributed by atoms with Crippen LogP contribution in [0.1, 0.15) is 20.3 Å². The van der Waals surface area contributed by atoms with Gasteiger partial charge in [0.25, 0.3) is 0 Å². The molecule has 0 fully saturated rings. The molecule has 5 nitrogen and oxygen atoms in total. The van der Waals surface area contributed by atoms with E-state index >= 15 is 0 Å². The van der Waals surface area contributed by atoms with Crippen LogP contribution in [-0.2, 0) is 0 Å². The fraction of sp³-hybridized carbons (Fsp3) is 0.600. The van der Waals surface area contributed by atoms with Crippen molar-refractivity contribution < 1.29 is 4.74 Å². The number of nitrogens with zero attached hydrogens (tertiary/aromatic N) is 2. The number of anilines is 1. The molecule has 0 aliphatic carbocycles. The molecule has 3 N–H and O–H groups in total. The first-order valence-corrected chi connectivity index (χ1v) is 5.22. The standard InChI is InChI=1S/C10H18N4O/c1-3-8(7-11)13-10-12-6-5-9(14-10)15-4-2/h5-6,8H,3-4,7,11H2,1-2H3,(H,12,13,14). The Labute approximate surface area is 90.1 Å². The first kappa shape index (κ1) is 11.7. The van der Waals surface area contributed by atoms with E-state index in [9.17, 15) is 0 Å². The molecule has 1 heterocycles. The molecule has 0 amide bonds. The summed E-state index contributed by atoms with van der Waals surface area (Å²) in [5.41, 5.74) is 5.58. The number of nitrogens with two attached hydrogens (primary N) is 1. The minimum atomic E-state index is 0.210. The smallest absolute Gasteiger partial charge is 0.226 e. The Morgan fingerprint density at radius 2 is 2.33 bits per heavy atom. The molecule has 1 rings (SSSR count). The molecule has 0 bridgehead atoms. The zero-order valence-corrected chi connectivity index (χ0v) is 9.23. The lowest BCUT2D eigenvalue weighted by Gasteiger charge is -2.14.